The molecule has 0 atom stereocenters. The van der Waals surface area contributed by atoms with E-state index in [-0.39, 0.29) is 10.6 Å². The van der Waals surface area contributed by atoms with E-state index in [1.165, 1.54) is 39.9 Å². The molecule has 1 aliphatic heterocycles. The number of nitrogens with zero attached hydrogens (tertiary/aromatic N) is 4. The van der Waals surface area contributed by atoms with Gasteiger partial charge in [-0.25, -0.2) is 13.4 Å². The van der Waals surface area contributed by atoms with Gasteiger partial charge in [0, 0.05) is 49.3 Å². The third-order valence-corrected chi connectivity index (χ3v) is 7.87. The summed E-state index contributed by atoms with van der Waals surface area (Å²) in [6.07, 6.45) is 0. The molecule has 1 aliphatic rings. The number of nitro benzene ring substituents is 1. The topological polar surface area (TPSA) is 106 Å². The van der Waals surface area contributed by atoms with E-state index in [2.05, 4.69) is 4.90 Å². The van der Waals surface area contributed by atoms with Crippen LogP contribution in [0.1, 0.15) is 0 Å². The summed E-state index contributed by atoms with van der Waals surface area (Å²) >= 11 is 1.52. The predicted molar refractivity (Wildman–Crippen MR) is 118 cm³/mol. The van der Waals surface area contributed by atoms with E-state index in [4.69, 9.17) is 9.72 Å². The molecular formula is C20H20N4O5S2. The number of rotatable bonds is 6. The Balaban J connectivity index is 1.44. The molecule has 0 N–H and O–H groups in total. The van der Waals surface area contributed by atoms with Crippen molar-refractivity contribution < 1.29 is 18.1 Å². The van der Waals surface area contributed by atoms with Gasteiger partial charge < -0.3 is 9.64 Å². The van der Waals surface area contributed by atoms with E-state index in [9.17, 15) is 18.5 Å². The number of non-ortho nitro benzene ring substituents is 1. The molecule has 1 fully saturated rings. The fraction of sp³-hybridized carbons (Fsp3) is 0.250. The first-order chi connectivity index (χ1) is 14.9. The number of benzene rings is 2. The van der Waals surface area contributed by atoms with Crippen LogP contribution in [0, 0.1) is 10.1 Å². The first kappa shape index (κ1) is 21.2. The second-order valence-electron chi connectivity index (χ2n) is 6.89. The molecule has 0 amide bonds. The van der Waals surface area contributed by atoms with Gasteiger partial charge in [0.2, 0.25) is 10.0 Å². The normalized spacial score (nSPS) is 15.1. The highest BCUT2D eigenvalue weighted by atomic mass is 32.2. The molecule has 0 saturated carbocycles. The molecule has 0 radical (unpaired) electrons. The highest BCUT2D eigenvalue weighted by Crippen LogP contribution is 2.30. The summed E-state index contributed by atoms with van der Waals surface area (Å²) in [5, 5.41) is 13.6. The molecule has 0 unspecified atom stereocenters. The highest BCUT2D eigenvalue weighted by molar-refractivity contribution is 7.89. The zero-order valence-electron chi connectivity index (χ0n) is 16.7. The van der Waals surface area contributed by atoms with Crippen molar-refractivity contribution in [2.24, 2.45) is 0 Å². The third-order valence-electron chi connectivity index (χ3n) is 5.05. The van der Waals surface area contributed by atoms with E-state index >= 15 is 0 Å². The van der Waals surface area contributed by atoms with E-state index < -0.39 is 14.9 Å². The van der Waals surface area contributed by atoms with Crippen LogP contribution in [0.5, 0.6) is 5.75 Å². The lowest BCUT2D eigenvalue weighted by Crippen LogP contribution is -2.48. The van der Waals surface area contributed by atoms with Crippen molar-refractivity contribution in [1.82, 2.24) is 9.29 Å². The van der Waals surface area contributed by atoms with Crippen LogP contribution in [0.4, 0.5) is 10.8 Å². The molecule has 2 heterocycles. The number of hydrogen-bond donors (Lipinski definition) is 0. The highest BCUT2D eigenvalue weighted by Gasteiger charge is 2.29. The number of methoxy groups -OCH3 is 1. The van der Waals surface area contributed by atoms with Crippen LogP contribution < -0.4 is 9.64 Å². The first-order valence-corrected chi connectivity index (χ1v) is 11.8. The summed E-state index contributed by atoms with van der Waals surface area (Å²) in [7, 11) is -2.08. The zero-order valence-corrected chi connectivity index (χ0v) is 18.3. The maximum atomic E-state index is 12.9. The van der Waals surface area contributed by atoms with E-state index in [0.717, 1.165) is 22.1 Å². The average molecular weight is 461 g/mol. The van der Waals surface area contributed by atoms with Crippen LogP contribution >= 0.6 is 11.3 Å². The fourth-order valence-electron chi connectivity index (χ4n) is 3.33. The zero-order chi connectivity index (χ0) is 22.0. The quantitative estimate of drug-likeness (QED) is 0.411. The Labute approximate surface area is 183 Å². The van der Waals surface area contributed by atoms with Crippen LogP contribution in [0.2, 0.25) is 0 Å². The summed E-state index contributed by atoms with van der Waals surface area (Å²) in [5.74, 6) is 0.761. The van der Waals surface area contributed by atoms with Gasteiger partial charge in [-0.2, -0.15) is 4.31 Å². The van der Waals surface area contributed by atoms with Crippen LogP contribution in [0.15, 0.2) is 58.8 Å². The maximum absolute atomic E-state index is 12.9. The first-order valence-electron chi connectivity index (χ1n) is 9.48. The molecule has 2 aromatic carbocycles. The molecule has 0 aliphatic carbocycles. The molecule has 11 heteroatoms. The molecule has 0 spiro atoms. The SMILES string of the molecule is COc1cccc(-c2csc(N3CCN(S(=O)(=O)c4ccc([N+](=O)[O-])cc4)CC3)n2)c1. The summed E-state index contributed by atoms with van der Waals surface area (Å²) < 4.78 is 32.4. The molecule has 31 heavy (non-hydrogen) atoms. The molecule has 1 saturated heterocycles. The van der Waals surface area contributed by atoms with Gasteiger partial charge in [0.1, 0.15) is 5.75 Å². The van der Waals surface area contributed by atoms with Gasteiger partial charge in [0.15, 0.2) is 5.13 Å². The maximum Gasteiger partial charge on any atom is 0.269 e. The fourth-order valence-corrected chi connectivity index (χ4v) is 5.64. The molecular weight excluding hydrogens is 440 g/mol. The van der Waals surface area contributed by atoms with Crippen molar-refractivity contribution in [1.29, 1.82) is 0 Å². The van der Waals surface area contributed by atoms with Gasteiger partial charge in [-0.15, -0.1) is 11.3 Å². The van der Waals surface area contributed by atoms with E-state index in [1.807, 2.05) is 29.6 Å². The predicted octanol–water partition coefficient (Wildman–Crippen LogP) is 3.24. The van der Waals surface area contributed by atoms with Gasteiger partial charge in [-0.05, 0) is 24.3 Å². The lowest BCUT2D eigenvalue weighted by atomic mass is 10.2. The summed E-state index contributed by atoms with van der Waals surface area (Å²) in [6, 6.07) is 12.7. The number of sulfonamides is 1. The molecule has 9 nitrogen and oxygen atoms in total. The Bertz CT molecular complexity index is 1190. The van der Waals surface area contributed by atoms with Crippen LogP contribution in [0.3, 0.4) is 0 Å². The number of aromatic nitrogens is 1. The number of piperazine rings is 1. The van der Waals surface area contributed by atoms with Crippen molar-refractivity contribution in [2.75, 3.05) is 38.2 Å². The van der Waals surface area contributed by atoms with Crippen LogP contribution in [0.25, 0.3) is 11.3 Å². The monoisotopic (exact) mass is 460 g/mol. The van der Waals surface area contributed by atoms with Crippen molar-refractivity contribution in [3.63, 3.8) is 0 Å². The number of thiazole rings is 1. The molecule has 4 rings (SSSR count). The van der Waals surface area contributed by atoms with Crippen molar-refractivity contribution in [3.05, 3.63) is 64.0 Å². The van der Waals surface area contributed by atoms with E-state index in [1.54, 1.807) is 7.11 Å². The summed E-state index contributed by atoms with van der Waals surface area (Å²) in [5.41, 5.74) is 1.67. The third kappa shape index (κ3) is 4.38. The average Bonchev–Trinajstić information content (AvgIpc) is 3.30. The number of anilines is 1. The van der Waals surface area contributed by atoms with Crippen LogP contribution in [-0.2, 0) is 10.0 Å². The minimum Gasteiger partial charge on any atom is -0.497 e. The number of ether oxygens (including phenoxy) is 1. The number of nitro groups is 1. The molecule has 162 valence electrons. The lowest BCUT2D eigenvalue weighted by molar-refractivity contribution is -0.384. The number of hydrogen-bond acceptors (Lipinski definition) is 8. The smallest absolute Gasteiger partial charge is 0.269 e. The summed E-state index contributed by atoms with van der Waals surface area (Å²) in [4.78, 5) is 17.1. The van der Waals surface area contributed by atoms with Gasteiger partial charge in [0.25, 0.3) is 5.69 Å². The summed E-state index contributed by atoms with van der Waals surface area (Å²) in [6.45, 7) is 1.65. The van der Waals surface area contributed by atoms with Crippen molar-refractivity contribution >= 4 is 32.2 Å². The Kier molecular flexibility index (Phi) is 5.90. The molecule has 0 bridgehead atoms. The Morgan fingerprint density at radius 3 is 2.45 bits per heavy atom. The Morgan fingerprint density at radius 2 is 1.81 bits per heavy atom. The van der Waals surface area contributed by atoms with Gasteiger partial charge in [0.05, 0.1) is 22.6 Å². The second-order valence-corrected chi connectivity index (χ2v) is 9.66. The van der Waals surface area contributed by atoms with Crippen molar-refractivity contribution in [3.8, 4) is 17.0 Å². The van der Waals surface area contributed by atoms with Gasteiger partial charge in [-0.3, -0.25) is 10.1 Å². The minimum atomic E-state index is -3.70. The standard InChI is InChI=1S/C20H20N4O5S2/c1-29-17-4-2-3-15(13-17)19-14-30-20(21-19)22-9-11-23(12-10-22)31(27,28)18-7-5-16(6-8-18)24(25)26/h2-8,13-14H,9-12H2,1H3. The molecule has 1 aromatic heterocycles. The largest absolute Gasteiger partial charge is 0.497 e. The minimum absolute atomic E-state index is 0.0566. The lowest BCUT2D eigenvalue weighted by Gasteiger charge is -2.33. The molecule has 3 aromatic rings. The van der Waals surface area contributed by atoms with Gasteiger partial charge in [-0.1, -0.05) is 12.1 Å². The van der Waals surface area contributed by atoms with E-state index in [0.29, 0.717) is 26.2 Å². The second kappa shape index (κ2) is 8.61. The Hall–Kier alpha value is -3.02. The van der Waals surface area contributed by atoms with Crippen LogP contribution in [-0.4, -0.2) is 55.9 Å². The van der Waals surface area contributed by atoms with Gasteiger partial charge >= 0.3 is 0 Å². The van der Waals surface area contributed by atoms with Crippen molar-refractivity contribution in [2.45, 2.75) is 4.90 Å². The Morgan fingerprint density at radius 1 is 1.10 bits per heavy atom.